The molecule has 0 heterocycles. The Kier molecular flexibility index (Phi) is 18.4. The minimum atomic E-state index is -3.44. The summed E-state index contributed by atoms with van der Waals surface area (Å²) in [5.74, 6) is 0. The fourth-order valence-corrected chi connectivity index (χ4v) is 17.6. The number of benzene rings is 3. The average molecular weight is 876 g/mol. The number of anilines is 6. The Labute approximate surface area is 376 Å². The maximum Gasteiger partial charge on any atom is 4.00 e. The first kappa shape index (κ1) is 53.7. The Balaban J connectivity index is 0.00000756. The van der Waals surface area contributed by atoms with Crippen LogP contribution in [0, 0.1) is 47.6 Å². The van der Waals surface area contributed by atoms with Crippen LogP contribution in [0.1, 0.15) is 61.1 Å². The molecule has 4 rings (SSSR count). The number of nitrogens with zero attached hydrogens (tertiary/aromatic N) is 6. The van der Waals surface area contributed by atoms with Crippen molar-refractivity contribution in [2.24, 2.45) is 0 Å². The second kappa shape index (κ2) is 19.2. The van der Waals surface area contributed by atoms with Crippen LogP contribution in [-0.4, -0.2) is 92.6 Å². The maximum absolute atomic E-state index is 4.36. The molecule has 0 amide bonds. The molecular weight excluding hydrogens is 807 g/mol. The topological polar surface area (TPSA) is 19.4 Å². The normalized spacial score (nSPS) is 14.9. The number of halogens is 3. The molecule has 0 N–H and O–H groups in total. The van der Waals surface area contributed by atoms with E-state index in [0.717, 1.165) is 0 Å². The van der Waals surface area contributed by atoms with Crippen molar-refractivity contribution in [1.29, 1.82) is 0 Å². The quantitative estimate of drug-likeness (QED) is 0.136. The van der Waals surface area contributed by atoms with Crippen molar-refractivity contribution < 1.29 is 58.9 Å². The first-order chi connectivity index (χ1) is 23.9. The van der Waals surface area contributed by atoms with Crippen molar-refractivity contribution in [1.82, 2.24) is 0 Å². The molecule has 3 aromatic carbocycles. The Morgan fingerprint density at radius 3 is 0.875 bits per heavy atom. The van der Waals surface area contributed by atoms with E-state index < -0.39 is 13.1 Å². The molecule has 1 aliphatic carbocycles. The van der Waals surface area contributed by atoms with Gasteiger partial charge in [-0.25, -0.2) is 5.57 Å². The third kappa shape index (κ3) is 8.16. The van der Waals surface area contributed by atoms with Gasteiger partial charge < -0.3 is 66.6 Å². The number of allylic oxidation sites excluding steroid dienone is 4. The Morgan fingerprint density at radius 1 is 0.446 bits per heavy atom. The molecular formula is C45H69Cl3N6SiTi. The monoisotopic (exact) mass is 874 g/mol. The van der Waals surface area contributed by atoms with Gasteiger partial charge in [0.2, 0.25) is 0 Å². The van der Waals surface area contributed by atoms with E-state index in [1.54, 1.807) is 0 Å². The van der Waals surface area contributed by atoms with E-state index in [9.17, 15) is 0 Å². The second-order valence-electron chi connectivity index (χ2n) is 16.9. The summed E-state index contributed by atoms with van der Waals surface area (Å²) >= 11 is 0. The molecule has 0 aliphatic heterocycles. The molecule has 0 fully saturated rings. The maximum atomic E-state index is 4.36. The summed E-state index contributed by atoms with van der Waals surface area (Å²) in [6, 6.07) is 7.22. The zero-order valence-corrected chi connectivity index (χ0v) is 43.4. The fourth-order valence-electron chi connectivity index (χ4n) is 9.87. The molecule has 1 atom stereocenters. The first-order valence-corrected chi connectivity index (χ1v) is 20.7. The molecule has 308 valence electrons. The number of aryl methyl sites for hydroxylation is 3. The van der Waals surface area contributed by atoms with E-state index in [2.05, 4.69) is 207 Å². The Hall–Kier alpha value is -2.26. The number of hydrogen-bond acceptors (Lipinski definition) is 6. The Morgan fingerprint density at radius 2 is 0.696 bits per heavy atom. The molecule has 1 aliphatic rings. The van der Waals surface area contributed by atoms with Crippen molar-refractivity contribution >= 4 is 57.8 Å². The predicted octanol–water partition coefficient (Wildman–Crippen LogP) is -1.73. The van der Waals surface area contributed by atoms with Gasteiger partial charge in [0.1, 0.15) is 0 Å². The summed E-state index contributed by atoms with van der Waals surface area (Å²) in [4.78, 5) is 14.2. The van der Waals surface area contributed by atoms with Crippen LogP contribution in [-0.2, 0) is 21.7 Å². The van der Waals surface area contributed by atoms with E-state index in [0.29, 0.717) is 0 Å². The van der Waals surface area contributed by atoms with Crippen molar-refractivity contribution in [3.8, 4) is 0 Å². The summed E-state index contributed by atoms with van der Waals surface area (Å²) in [5, 5.41) is 3.96. The van der Waals surface area contributed by atoms with Crippen LogP contribution in [0.25, 0.3) is 0 Å². The smallest absolute Gasteiger partial charge is 1.00 e. The fraction of sp³-hybridized carbons (Fsp3) is 0.511. The van der Waals surface area contributed by atoms with Crippen molar-refractivity contribution in [2.45, 2.75) is 74.3 Å². The molecule has 0 spiro atoms. The van der Waals surface area contributed by atoms with E-state index in [-0.39, 0.29) is 58.9 Å². The zero-order chi connectivity index (χ0) is 39.7. The Bertz CT molecular complexity index is 1800. The van der Waals surface area contributed by atoms with Crippen molar-refractivity contribution in [2.75, 3.05) is 114 Å². The van der Waals surface area contributed by atoms with Gasteiger partial charge in [-0.3, -0.25) is 6.08 Å². The van der Waals surface area contributed by atoms with E-state index >= 15 is 0 Å². The summed E-state index contributed by atoms with van der Waals surface area (Å²) in [6.07, 6.45) is 4.36. The van der Waals surface area contributed by atoms with Crippen LogP contribution in [0.2, 0.25) is 5.04 Å². The molecule has 0 radical (unpaired) electrons. The SMILES string of the molecule is CC1=[C-]C(C)([Si](c2c(C)c(N(C)C)cc(C)c2N(C)C)(c2c(C)c(N(C)C)cc(C)c2N(C)C)c2c(C)c(N(C)C)cc(C)c2N(C)C)C(C)=C1C.[Cl-].[Cl-].[Cl-].[Ti+4]. The van der Waals surface area contributed by atoms with E-state index in [4.69, 9.17) is 0 Å². The van der Waals surface area contributed by atoms with E-state index in [1.807, 2.05) is 0 Å². The van der Waals surface area contributed by atoms with Gasteiger partial charge in [-0.15, -0.1) is 6.92 Å². The van der Waals surface area contributed by atoms with Gasteiger partial charge in [0.25, 0.3) is 0 Å². The number of rotatable bonds is 10. The minimum absolute atomic E-state index is 0. The van der Waals surface area contributed by atoms with Crippen LogP contribution >= 0.6 is 0 Å². The molecule has 3 aromatic rings. The van der Waals surface area contributed by atoms with Crippen molar-refractivity contribution in [3.63, 3.8) is 0 Å². The largest absolute Gasteiger partial charge is 4.00 e. The molecule has 0 aromatic heterocycles. The molecule has 0 saturated carbocycles. The van der Waals surface area contributed by atoms with Gasteiger partial charge in [-0.05, 0) is 109 Å². The van der Waals surface area contributed by atoms with Crippen LogP contribution in [0.3, 0.4) is 0 Å². The molecule has 0 saturated heterocycles. The van der Waals surface area contributed by atoms with Gasteiger partial charge in [-0.1, -0.05) is 25.8 Å². The third-order valence-electron chi connectivity index (χ3n) is 12.1. The molecule has 56 heavy (non-hydrogen) atoms. The predicted molar refractivity (Wildman–Crippen MR) is 238 cm³/mol. The van der Waals surface area contributed by atoms with Crippen molar-refractivity contribution in [3.05, 3.63) is 74.4 Å². The third-order valence-corrected chi connectivity index (χ3v) is 18.2. The first-order valence-electron chi connectivity index (χ1n) is 18.7. The summed E-state index contributed by atoms with van der Waals surface area (Å²) < 4.78 is 0. The van der Waals surface area contributed by atoms with Crippen LogP contribution in [0.5, 0.6) is 0 Å². The van der Waals surface area contributed by atoms with Gasteiger partial charge >= 0.3 is 21.7 Å². The van der Waals surface area contributed by atoms with Gasteiger partial charge in [-0.2, -0.15) is 11.1 Å². The van der Waals surface area contributed by atoms with Gasteiger partial charge in [0, 0.05) is 119 Å². The summed E-state index contributed by atoms with van der Waals surface area (Å²) in [6.45, 7) is 23.7. The van der Waals surface area contributed by atoms with E-state index in [1.165, 1.54) is 99.8 Å². The van der Waals surface area contributed by atoms with Crippen LogP contribution in [0.4, 0.5) is 34.1 Å². The second-order valence-corrected chi connectivity index (χ2v) is 20.9. The standard InChI is InChI=1S/C45H69N6Si.3ClH.Ti/c1-27-23-36(46(11)12)32(6)42(39(27)49(17)18)52(45(10)26-30(4)31(5)35(45)9,43-33(7)37(47(13)14)24-28(2)40(43)50(19)20)44-34(8)38(48(15)16)25-29(3)41(44)51(21)22;;;;/h23-25H,1-22H3;3*1H;/q-1;;;;+4/p-3. The van der Waals surface area contributed by atoms with Crippen LogP contribution in [0.15, 0.2) is 34.9 Å². The summed E-state index contributed by atoms with van der Waals surface area (Å²) in [5.41, 5.74) is 19.7. The molecule has 6 nitrogen and oxygen atoms in total. The minimum Gasteiger partial charge on any atom is -1.00 e. The van der Waals surface area contributed by atoms with Gasteiger partial charge in [0.05, 0.1) is 0 Å². The zero-order valence-electron chi connectivity index (χ0n) is 38.5. The average Bonchev–Trinajstić information content (AvgIpc) is 3.22. The molecule has 11 heteroatoms. The molecule has 0 bridgehead atoms. The summed E-state index contributed by atoms with van der Waals surface area (Å²) in [7, 11) is 23.3. The molecule has 1 unspecified atom stereocenters. The van der Waals surface area contributed by atoms with Crippen LogP contribution < -0.4 is 82.2 Å². The number of hydrogen-bond donors (Lipinski definition) is 0. The van der Waals surface area contributed by atoms with Gasteiger partial charge in [0.15, 0.2) is 8.07 Å².